The van der Waals surface area contributed by atoms with Crippen LogP contribution in [-0.4, -0.2) is 53.5 Å². The molecule has 10 nitrogen and oxygen atoms in total. The molecule has 1 fully saturated rings. The predicted octanol–water partition coefficient (Wildman–Crippen LogP) is 3.85. The minimum atomic E-state index is -4.44. The summed E-state index contributed by atoms with van der Waals surface area (Å²) in [4.78, 5) is 17.1. The Hall–Kier alpha value is -3.55. The van der Waals surface area contributed by atoms with Crippen LogP contribution in [0, 0.1) is 0 Å². The molecule has 0 radical (unpaired) electrons. The fourth-order valence-corrected chi connectivity index (χ4v) is 5.20. The van der Waals surface area contributed by atoms with E-state index in [1.165, 1.54) is 35.4 Å². The van der Waals surface area contributed by atoms with E-state index in [-0.39, 0.29) is 11.6 Å². The largest absolute Gasteiger partial charge is 0.408 e. The van der Waals surface area contributed by atoms with Gasteiger partial charge >= 0.3 is 6.18 Å². The zero-order chi connectivity index (χ0) is 25.0. The first-order valence-electron chi connectivity index (χ1n) is 10.9. The van der Waals surface area contributed by atoms with Gasteiger partial charge in [0.25, 0.3) is 10.0 Å². The SMILES string of the molecule is CCc1nc2cnc(Nc3ccnc(-c4cnn(S(=O)(=O)C5CC5)c4)n3)cc2n1[C@@H](C)C(F)(F)F. The van der Waals surface area contributed by atoms with E-state index in [9.17, 15) is 21.6 Å². The molecule has 0 unspecified atom stereocenters. The van der Waals surface area contributed by atoms with Crippen molar-refractivity contribution in [1.82, 2.24) is 33.7 Å². The number of nitrogens with one attached hydrogen (secondary N) is 1. The average Bonchev–Trinajstić information content (AvgIpc) is 3.45. The van der Waals surface area contributed by atoms with Crippen LogP contribution in [0.15, 0.2) is 36.9 Å². The Labute approximate surface area is 198 Å². The van der Waals surface area contributed by atoms with Crippen molar-refractivity contribution in [2.45, 2.75) is 50.6 Å². The van der Waals surface area contributed by atoms with E-state index in [0.29, 0.717) is 47.5 Å². The number of pyridine rings is 1. The second kappa shape index (κ2) is 8.29. The van der Waals surface area contributed by atoms with Crippen molar-refractivity contribution in [1.29, 1.82) is 0 Å². The summed E-state index contributed by atoms with van der Waals surface area (Å²) in [5.74, 6) is 1.14. The zero-order valence-electron chi connectivity index (χ0n) is 18.7. The van der Waals surface area contributed by atoms with Crippen molar-refractivity contribution in [2.24, 2.45) is 0 Å². The molecule has 4 heterocycles. The van der Waals surface area contributed by atoms with E-state index >= 15 is 0 Å². The van der Waals surface area contributed by atoms with Crippen LogP contribution in [0.1, 0.15) is 38.6 Å². The Morgan fingerprint density at radius 3 is 2.63 bits per heavy atom. The smallest absolute Gasteiger partial charge is 0.325 e. The maximum absolute atomic E-state index is 13.5. The lowest BCUT2D eigenvalue weighted by molar-refractivity contribution is -0.162. The third kappa shape index (κ3) is 4.33. The molecule has 0 aliphatic heterocycles. The van der Waals surface area contributed by atoms with Gasteiger partial charge in [0.15, 0.2) is 5.82 Å². The Bertz CT molecular complexity index is 1510. The number of anilines is 2. The molecule has 1 saturated carbocycles. The first-order chi connectivity index (χ1) is 16.6. The number of aryl methyl sites for hydroxylation is 1. The monoisotopic (exact) mass is 506 g/mol. The van der Waals surface area contributed by atoms with E-state index in [2.05, 4.69) is 30.4 Å². The normalized spacial score (nSPS) is 15.5. The van der Waals surface area contributed by atoms with Crippen molar-refractivity contribution in [3.63, 3.8) is 0 Å². The molecule has 0 bridgehead atoms. The van der Waals surface area contributed by atoms with E-state index in [0.717, 1.165) is 11.0 Å². The summed E-state index contributed by atoms with van der Waals surface area (Å²) in [5, 5.41) is 6.51. The Kier molecular flexibility index (Phi) is 5.49. The van der Waals surface area contributed by atoms with Crippen molar-refractivity contribution >= 4 is 32.7 Å². The lowest BCUT2D eigenvalue weighted by Crippen LogP contribution is -2.25. The molecule has 184 valence electrons. The number of aromatic nitrogens is 7. The lowest BCUT2D eigenvalue weighted by atomic mass is 10.2. The van der Waals surface area contributed by atoms with E-state index in [1.54, 1.807) is 13.0 Å². The summed E-state index contributed by atoms with van der Waals surface area (Å²) in [6.45, 7) is 2.84. The molecule has 0 saturated heterocycles. The topological polar surface area (TPSA) is 120 Å². The maximum atomic E-state index is 13.5. The van der Waals surface area contributed by atoms with Crippen molar-refractivity contribution < 1.29 is 21.6 Å². The molecular formula is C21H21F3N8O2S. The van der Waals surface area contributed by atoms with Gasteiger partial charge in [0.2, 0.25) is 0 Å². The van der Waals surface area contributed by atoms with Gasteiger partial charge < -0.3 is 9.88 Å². The molecule has 1 aliphatic carbocycles. The van der Waals surface area contributed by atoms with E-state index < -0.39 is 27.5 Å². The minimum absolute atomic E-state index is 0.234. The highest BCUT2D eigenvalue weighted by Gasteiger charge is 2.39. The zero-order valence-corrected chi connectivity index (χ0v) is 19.5. The number of rotatable bonds is 7. The maximum Gasteiger partial charge on any atom is 0.408 e. The molecule has 5 rings (SSSR count). The molecule has 1 atom stereocenters. The van der Waals surface area contributed by atoms with Crippen LogP contribution >= 0.6 is 0 Å². The summed E-state index contributed by atoms with van der Waals surface area (Å²) in [7, 11) is -3.52. The summed E-state index contributed by atoms with van der Waals surface area (Å²) < 4.78 is 67.3. The van der Waals surface area contributed by atoms with Crippen LogP contribution in [-0.2, 0) is 16.4 Å². The van der Waals surface area contributed by atoms with Gasteiger partial charge in [-0.05, 0) is 25.8 Å². The highest BCUT2D eigenvalue weighted by atomic mass is 32.2. The molecule has 4 aromatic rings. The number of imidazole rings is 1. The summed E-state index contributed by atoms with van der Waals surface area (Å²) >= 11 is 0. The van der Waals surface area contributed by atoms with Crippen molar-refractivity contribution in [3.05, 3.63) is 42.7 Å². The number of hydrogen-bond acceptors (Lipinski definition) is 8. The Morgan fingerprint density at radius 1 is 1.17 bits per heavy atom. The van der Waals surface area contributed by atoms with Gasteiger partial charge in [0.05, 0.1) is 34.9 Å². The average molecular weight is 507 g/mol. The van der Waals surface area contributed by atoms with Crippen molar-refractivity contribution in [3.8, 4) is 11.4 Å². The second-order valence-corrected chi connectivity index (χ2v) is 10.3. The molecule has 14 heteroatoms. The third-order valence-electron chi connectivity index (χ3n) is 5.76. The second-order valence-electron chi connectivity index (χ2n) is 8.26. The number of alkyl halides is 3. The number of nitrogens with zero attached hydrogens (tertiary/aromatic N) is 7. The van der Waals surface area contributed by atoms with Gasteiger partial charge in [-0.2, -0.15) is 22.4 Å². The first-order valence-corrected chi connectivity index (χ1v) is 12.4. The first kappa shape index (κ1) is 23.2. The highest BCUT2D eigenvalue weighted by Crippen LogP contribution is 2.35. The van der Waals surface area contributed by atoms with E-state index in [4.69, 9.17) is 0 Å². The van der Waals surface area contributed by atoms with Crippen LogP contribution in [0.5, 0.6) is 0 Å². The fourth-order valence-electron chi connectivity index (χ4n) is 3.72. The van der Waals surface area contributed by atoms with Crippen LogP contribution in [0.4, 0.5) is 24.8 Å². The molecule has 0 amide bonds. The standard InChI is InChI=1S/C21H21F3N8O2S/c1-3-19-28-15-10-26-18(8-16(15)32(19)12(2)21(22,23)24)29-17-6-7-25-20(30-17)13-9-27-31(11-13)35(33,34)14-4-5-14/h6-12,14H,3-5H2,1-2H3,(H,25,26,29,30)/t12-/m0/s1. The quantitative estimate of drug-likeness (QED) is 0.401. The Morgan fingerprint density at radius 2 is 1.94 bits per heavy atom. The third-order valence-corrected chi connectivity index (χ3v) is 7.80. The number of halogens is 3. The summed E-state index contributed by atoms with van der Waals surface area (Å²) in [5.41, 5.74) is 1.06. The number of hydrogen-bond donors (Lipinski definition) is 1. The molecule has 35 heavy (non-hydrogen) atoms. The van der Waals surface area contributed by atoms with Gasteiger partial charge in [0.1, 0.15) is 29.0 Å². The summed E-state index contributed by atoms with van der Waals surface area (Å²) in [6.07, 6.45) is 2.74. The summed E-state index contributed by atoms with van der Waals surface area (Å²) in [6, 6.07) is 1.30. The predicted molar refractivity (Wildman–Crippen MR) is 122 cm³/mol. The van der Waals surface area contributed by atoms with Crippen LogP contribution in [0.25, 0.3) is 22.4 Å². The highest BCUT2D eigenvalue weighted by molar-refractivity contribution is 7.90. The van der Waals surface area contributed by atoms with Gasteiger partial charge in [0, 0.05) is 18.7 Å². The molecule has 1 aliphatic rings. The van der Waals surface area contributed by atoms with E-state index in [1.807, 2.05) is 0 Å². The van der Waals surface area contributed by atoms with Crippen LogP contribution in [0.3, 0.4) is 0 Å². The number of fused-ring (bicyclic) bond motifs is 1. The molecular weight excluding hydrogens is 485 g/mol. The lowest BCUT2D eigenvalue weighted by Gasteiger charge is -2.20. The minimum Gasteiger partial charge on any atom is -0.325 e. The fraction of sp³-hybridized carbons (Fsp3) is 0.381. The molecule has 0 aromatic carbocycles. The molecule has 1 N–H and O–H groups in total. The molecule has 4 aromatic heterocycles. The van der Waals surface area contributed by atoms with Gasteiger partial charge in [-0.15, -0.1) is 0 Å². The van der Waals surface area contributed by atoms with Gasteiger partial charge in [-0.3, -0.25) is 0 Å². The molecule has 0 spiro atoms. The van der Waals surface area contributed by atoms with Crippen LogP contribution in [0.2, 0.25) is 0 Å². The van der Waals surface area contributed by atoms with Gasteiger partial charge in [-0.1, -0.05) is 6.92 Å². The van der Waals surface area contributed by atoms with Crippen LogP contribution < -0.4 is 5.32 Å². The van der Waals surface area contributed by atoms with Crippen molar-refractivity contribution in [2.75, 3.05) is 5.32 Å². The Balaban J connectivity index is 1.45. The van der Waals surface area contributed by atoms with Gasteiger partial charge in [-0.25, -0.2) is 28.4 Å².